The van der Waals surface area contributed by atoms with Crippen LogP contribution >= 0.6 is 21.6 Å². The van der Waals surface area contributed by atoms with Gasteiger partial charge in [0.25, 0.3) is 11.6 Å². The van der Waals surface area contributed by atoms with Gasteiger partial charge >= 0.3 is 17.9 Å². The first-order chi connectivity index (χ1) is 27.3. The lowest BCUT2D eigenvalue weighted by molar-refractivity contribution is -0.386. The van der Waals surface area contributed by atoms with Gasteiger partial charge in [-0.2, -0.15) is 0 Å². The lowest BCUT2D eigenvalue weighted by Crippen LogP contribution is -2.42. The van der Waals surface area contributed by atoms with Crippen molar-refractivity contribution in [3.63, 3.8) is 0 Å². The van der Waals surface area contributed by atoms with Crippen molar-refractivity contribution in [2.45, 2.75) is 56.0 Å². The number of carbonyl (C=O) groups is 5. The van der Waals surface area contributed by atoms with Crippen LogP contribution in [0.15, 0.2) is 60.7 Å². The largest absolute Gasteiger partial charge is 0.493 e. The van der Waals surface area contributed by atoms with Crippen molar-refractivity contribution in [1.29, 1.82) is 0 Å². The van der Waals surface area contributed by atoms with E-state index in [1.54, 1.807) is 0 Å². The highest BCUT2D eigenvalue weighted by atomic mass is 33.1. The Hall–Kier alpha value is -5.37. The van der Waals surface area contributed by atoms with Crippen molar-refractivity contribution in [2.75, 3.05) is 39.2 Å². The molecule has 3 atom stereocenters. The summed E-state index contributed by atoms with van der Waals surface area (Å²) < 4.78 is 22.1. The van der Waals surface area contributed by atoms with Crippen molar-refractivity contribution in [1.82, 2.24) is 10.6 Å². The summed E-state index contributed by atoms with van der Waals surface area (Å²) >= 11 is 0. The molecule has 0 aliphatic heterocycles. The number of carboxylic acid groups (broad SMARTS) is 1. The number of benzene rings is 3. The monoisotopic (exact) mass is 827 g/mol. The number of primary amides is 1. The standard InChI is InChI=1S/C38H45N5O12S2/c1-22(55-34(45)14-7-15-41-19-35(46)54-20-28-25-11-5-3-9-23(25)24-10-4-6-12-26(24)28)27-17-31(52-2)32(18-30(27)43(50)51)53-16-8-13-33(44)42-37(36(40)47)57-56-21-29(39)38(48)49/h3-6,9-12,17-18,22,28-29,37,41H,7-8,13-16,19-21,39H2,1-2H3,(H2,40,47)(H,42,44)(H,48,49). The Bertz CT molecular complexity index is 1890. The summed E-state index contributed by atoms with van der Waals surface area (Å²) in [4.78, 5) is 71.5. The second kappa shape index (κ2) is 21.8. The van der Waals surface area contributed by atoms with Crippen LogP contribution in [0.2, 0.25) is 0 Å². The SMILES string of the molecule is COc1cc(C(C)OC(=O)CCCNCC(=O)OCC2c3ccccc3-c3ccccc32)c([N+](=O)[O-])cc1OCCCC(=O)NC(SSCC(N)C(=O)O)C(N)=O. The second-order valence-electron chi connectivity index (χ2n) is 12.8. The van der Waals surface area contributed by atoms with Crippen LogP contribution in [0.5, 0.6) is 11.5 Å². The van der Waals surface area contributed by atoms with Gasteiger partial charge in [0.05, 0.1) is 36.8 Å². The van der Waals surface area contributed by atoms with Crippen LogP contribution < -0.4 is 31.6 Å². The molecule has 1 aliphatic rings. The van der Waals surface area contributed by atoms with E-state index in [1.807, 2.05) is 36.4 Å². The molecule has 19 heteroatoms. The third-order valence-electron chi connectivity index (χ3n) is 8.72. The summed E-state index contributed by atoms with van der Waals surface area (Å²) in [6, 6.07) is 17.4. The van der Waals surface area contributed by atoms with Crippen LogP contribution in [0.1, 0.15) is 61.3 Å². The Balaban J connectivity index is 1.18. The van der Waals surface area contributed by atoms with Crippen molar-refractivity contribution in [3.8, 4) is 22.6 Å². The van der Waals surface area contributed by atoms with Gasteiger partial charge in [-0.25, -0.2) is 0 Å². The summed E-state index contributed by atoms with van der Waals surface area (Å²) in [5.41, 5.74) is 15.0. The molecule has 306 valence electrons. The molecule has 0 radical (unpaired) electrons. The Labute approximate surface area is 336 Å². The van der Waals surface area contributed by atoms with E-state index in [2.05, 4.69) is 22.8 Å². The number of nitro benzene ring substituents is 1. The molecule has 0 saturated carbocycles. The predicted molar refractivity (Wildman–Crippen MR) is 212 cm³/mol. The molecule has 0 bridgehead atoms. The van der Waals surface area contributed by atoms with Crippen molar-refractivity contribution in [3.05, 3.63) is 87.5 Å². The Morgan fingerprint density at radius 2 is 1.63 bits per heavy atom. The molecule has 3 aromatic carbocycles. The summed E-state index contributed by atoms with van der Waals surface area (Å²) in [6.45, 7) is 1.92. The van der Waals surface area contributed by atoms with E-state index < -0.39 is 52.2 Å². The van der Waals surface area contributed by atoms with E-state index >= 15 is 0 Å². The fourth-order valence-electron chi connectivity index (χ4n) is 5.88. The number of esters is 2. The van der Waals surface area contributed by atoms with Crippen LogP contribution in [0.25, 0.3) is 11.1 Å². The normalized spacial score (nSPS) is 13.3. The van der Waals surface area contributed by atoms with Gasteiger partial charge in [0, 0.05) is 24.5 Å². The van der Waals surface area contributed by atoms with Gasteiger partial charge in [0.2, 0.25) is 5.91 Å². The van der Waals surface area contributed by atoms with E-state index in [0.29, 0.717) is 13.0 Å². The number of fused-ring (bicyclic) bond motifs is 3. The number of hydrogen-bond acceptors (Lipinski definition) is 15. The molecular weight excluding hydrogens is 783 g/mol. The number of nitrogens with zero attached hydrogens (tertiary/aromatic N) is 1. The van der Waals surface area contributed by atoms with Crippen LogP contribution in [0, 0.1) is 10.1 Å². The first-order valence-corrected chi connectivity index (χ1v) is 20.3. The van der Waals surface area contributed by atoms with Gasteiger partial charge in [-0.3, -0.25) is 34.1 Å². The number of ether oxygens (including phenoxy) is 4. The molecule has 57 heavy (non-hydrogen) atoms. The maximum Gasteiger partial charge on any atom is 0.321 e. The first kappa shape index (κ1) is 44.3. The van der Waals surface area contributed by atoms with Crippen LogP contribution in [0.3, 0.4) is 0 Å². The first-order valence-electron chi connectivity index (χ1n) is 17.9. The van der Waals surface area contributed by atoms with E-state index in [-0.39, 0.29) is 73.4 Å². The molecule has 7 N–H and O–H groups in total. The molecule has 3 unspecified atom stereocenters. The smallest absolute Gasteiger partial charge is 0.321 e. The molecule has 2 amide bonds. The maximum atomic E-state index is 12.7. The summed E-state index contributed by atoms with van der Waals surface area (Å²) in [6.07, 6.45) is -0.650. The lowest BCUT2D eigenvalue weighted by atomic mass is 9.98. The zero-order valence-electron chi connectivity index (χ0n) is 31.3. The highest BCUT2D eigenvalue weighted by Crippen LogP contribution is 2.44. The van der Waals surface area contributed by atoms with Gasteiger partial charge in [-0.05, 0) is 54.6 Å². The molecule has 0 saturated heterocycles. The highest BCUT2D eigenvalue weighted by Gasteiger charge is 2.29. The number of carbonyl (C=O) groups excluding carboxylic acids is 4. The van der Waals surface area contributed by atoms with E-state index in [1.165, 1.54) is 20.1 Å². The quantitative estimate of drug-likeness (QED) is 0.0215. The lowest BCUT2D eigenvalue weighted by Gasteiger charge is -2.17. The number of methoxy groups -OCH3 is 1. The Morgan fingerprint density at radius 3 is 2.25 bits per heavy atom. The number of nitrogens with one attached hydrogen (secondary N) is 2. The Kier molecular flexibility index (Phi) is 17.0. The Morgan fingerprint density at radius 1 is 0.965 bits per heavy atom. The van der Waals surface area contributed by atoms with Crippen molar-refractivity contribution in [2.24, 2.45) is 11.5 Å². The number of aliphatic carboxylic acids is 1. The van der Waals surface area contributed by atoms with Crippen LogP contribution in [-0.2, 0) is 33.4 Å². The van der Waals surface area contributed by atoms with E-state index in [4.69, 9.17) is 35.5 Å². The molecule has 3 aromatic rings. The van der Waals surface area contributed by atoms with Crippen LogP contribution in [-0.4, -0.2) is 90.3 Å². The average molecular weight is 828 g/mol. The number of hydrogen-bond donors (Lipinski definition) is 5. The van der Waals surface area contributed by atoms with Gasteiger partial charge in [0.15, 0.2) is 16.9 Å². The number of nitrogens with two attached hydrogens (primary N) is 2. The molecule has 4 rings (SSSR count). The third kappa shape index (κ3) is 12.8. The van der Waals surface area contributed by atoms with Gasteiger partial charge in [-0.15, -0.1) is 0 Å². The van der Waals surface area contributed by atoms with Crippen molar-refractivity contribution < 1.29 is 52.9 Å². The zero-order valence-corrected chi connectivity index (χ0v) is 32.9. The second-order valence-corrected chi connectivity index (χ2v) is 15.3. The molecule has 0 fully saturated rings. The summed E-state index contributed by atoms with van der Waals surface area (Å²) in [5, 5.41) is 25.2. The number of rotatable bonds is 24. The topological polar surface area (TPSA) is 262 Å². The van der Waals surface area contributed by atoms with E-state index in [9.17, 15) is 34.1 Å². The fourth-order valence-corrected chi connectivity index (χ4v) is 8.17. The minimum atomic E-state index is -1.21. The highest BCUT2D eigenvalue weighted by molar-refractivity contribution is 8.77. The number of carboxylic acids is 1. The number of nitro groups is 1. The molecule has 0 aromatic heterocycles. The predicted octanol–water partition coefficient (Wildman–Crippen LogP) is 3.81. The van der Waals surface area contributed by atoms with Crippen molar-refractivity contribution >= 4 is 57.0 Å². The van der Waals surface area contributed by atoms with Gasteiger partial charge in [0.1, 0.15) is 18.8 Å². The van der Waals surface area contributed by atoms with Gasteiger partial charge < -0.3 is 46.2 Å². The van der Waals surface area contributed by atoms with Crippen LogP contribution in [0.4, 0.5) is 5.69 Å². The molecule has 0 spiro atoms. The fraction of sp³-hybridized carbons (Fsp3) is 0.395. The molecule has 17 nitrogen and oxygen atoms in total. The zero-order chi connectivity index (χ0) is 41.5. The third-order valence-corrected chi connectivity index (χ3v) is 11.3. The minimum absolute atomic E-state index is 0.0155. The number of amides is 2. The minimum Gasteiger partial charge on any atom is -0.493 e. The van der Waals surface area contributed by atoms with E-state index in [0.717, 1.165) is 49.9 Å². The summed E-state index contributed by atoms with van der Waals surface area (Å²) in [7, 11) is 3.18. The average Bonchev–Trinajstić information content (AvgIpc) is 3.50. The molecular formula is C38H45N5O12S2. The summed E-state index contributed by atoms with van der Waals surface area (Å²) in [5.74, 6) is -3.52. The molecule has 0 heterocycles. The molecule has 1 aliphatic carbocycles. The maximum absolute atomic E-state index is 12.7. The van der Waals surface area contributed by atoms with Gasteiger partial charge in [-0.1, -0.05) is 70.1 Å².